The van der Waals surface area contributed by atoms with E-state index in [1.807, 2.05) is 26.0 Å². The van der Waals surface area contributed by atoms with Crippen molar-refractivity contribution in [1.82, 2.24) is 0 Å². The third kappa shape index (κ3) is 2.18. The summed E-state index contributed by atoms with van der Waals surface area (Å²) >= 11 is 3.38. The smallest absolute Gasteiger partial charge is 0.161 e. The van der Waals surface area contributed by atoms with Gasteiger partial charge >= 0.3 is 0 Å². The maximum absolute atomic E-state index is 10.0. The van der Waals surface area contributed by atoms with Crippen molar-refractivity contribution >= 4 is 15.9 Å². The van der Waals surface area contributed by atoms with Crippen LogP contribution in [0.15, 0.2) is 12.1 Å². The molecular formula is C12H15BrO3. The molecule has 0 amide bonds. The van der Waals surface area contributed by atoms with Crippen molar-refractivity contribution in [2.45, 2.75) is 24.8 Å². The first-order chi connectivity index (χ1) is 7.59. The van der Waals surface area contributed by atoms with Crippen molar-refractivity contribution < 1.29 is 14.6 Å². The van der Waals surface area contributed by atoms with E-state index in [2.05, 4.69) is 15.9 Å². The first-order valence-corrected chi connectivity index (χ1v) is 6.23. The molecule has 0 aliphatic carbocycles. The van der Waals surface area contributed by atoms with Gasteiger partial charge in [0.05, 0.1) is 6.10 Å². The molecule has 2 unspecified atom stereocenters. The van der Waals surface area contributed by atoms with E-state index in [1.165, 1.54) is 0 Å². The van der Waals surface area contributed by atoms with Crippen LogP contribution < -0.4 is 9.47 Å². The van der Waals surface area contributed by atoms with Crippen LogP contribution in [0.2, 0.25) is 0 Å². The molecule has 0 fully saturated rings. The third-order valence-electron chi connectivity index (χ3n) is 2.68. The Morgan fingerprint density at radius 2 is 1.81 bits per heavy atom. The number of fused-ring (bicyclic) bond motifs is 1. The Morgan fingerprint density at radius 3 is 2.38 bits per heavy atom. The summed E-state index contributed by atoms with van der Waals surface area (Å²) in [5, 5.41) is 10.0. The molecule has 0 bridgehead atoms. The van der Waals surface area contributed by atoms with E-state index in [4.69, 9.17) is 9.47 Å². The van der Waals surface area contributed by atoms with Crippen LogP contribution in [0.5, 0.6) is 11.5 Å². The largest absolute Gasteiger partial charge is 0.486 e. The van der Waals surface area contributed by atoms with Crippen LogP contribution >= 0.6 is 15.9 Å². The monoisotopic (exact) mass is 286 g/mol. The number of aliphatic hydroxyl groups is 1. The van der Waals surface area contributed by atoms with Gasteiger partial charge in [-0.3, -0.25) is 0 Å². The van der Waals surface area contributed by atoms with Crippen molar-refractivity contribution in [2.24, 2.45) is 0 Å². The number of benzene rings is 1. The van der Waals surface area contributed by atoms with Crippen molar-refractivity contribution in [3.05, 3.63) is 23.3 Å². The molecule has 88 valence electrons. The number of aryl methyl sites for hydroxylation is 1. The fourth-order valence-corrected chi connectivity index (χ4v) is 2.06. The van der Waals surface area contributed by atoms with Crippen LogP contribution in [0.1, 0.15) is 24.2 Å². The topological polar surface area (TPSA) is 38.7 Å². The quantitative estimate of drug-likeness (QED) is 0.850. The summed E-state index contributed by atoms with van der Waals surface area (Å²) in [4.78, 5) is 0.00811. The highest BCUT2D eigenvalue weighted by molar-refractivity contribution is 9.09. The minimum atomic E-state index is -0.532. The second-order valence-electron chi connectivity index (χ2n) is 3.97. The molecule has 1 aromatic carbocycles. The van der Waals surface area contributed by atoms with E-state index in [9.17, 15) is 5.11 Å². The van der Waals surface area contributed by atoms with Crippen molar-refractivity contribution in [3.63, 3.8) is 0 Å². The van der Waals surface area contributed by atoms with E-state index in [-0.39, 0.29) is 4.83 Å². The molecule has 1 aliphatic rings. The molecule has 1 N–H and O–H groups in total. The lowest BCUT2D eigenvalue weighted by atomic mass is 10.0. The lowest BCUT2D eigenvalue weighted by molar-refractivity contribution is 0.165. The summed E-state index contributed by atoms with van der Waals surface area (Å²) < 4.78 is 11.0. The van der Waals surface area contributed by atoms with Gasteiger partial charge in [0.25, 0.3) is 0 Å². The van der Waals surface area contributed by atoms with E-state index in [1.54, 1.807) is 0 Å². The first-order valence-electron chi connectivity index (χ1n) is 5.32. The van der Waals surface area contributed by atoms with Gasteiger partial charge in [-0.2, -0.15) is 0 Å². The highest BCUT2D eigenvalue weighted by atomic mass is 79.9. The summed E-state index contributed by atoms with van der Waals surface area (Å²) in [6.07, 6.45) is -0.532. The van der Waals surface area contributed by atoms with Gasteiger partial charge in [0, 0.05) is 4.83 Å². The van der Waals surface area contributed by atoms with Gasteiger partial charge in [-0.15, -0.1) is 0 Å². The predicted molar refractivity (Wildman–Crippen MR) is 65.5 cm³/mol. The van der Waals surface area contributed by atoms with Gasteiger partial charge < -0.3 is 14.6 Å². The van der Waals surface area contributed by atoms with Gasteiger partial charge in [-0.25, -0.2) is 0 Å². The van der Waals surface area contributed by atoms with Crippen LogP contribution in [-0.2, 0) is 0 Å². The molecule has 2 rings (SSSR count). The van der Waals surface area contributed by atoms with Crippen LogP contribution in [0.3, 0.4) is 0 Å². The maximum atomic E-state index is 10.0. The highest BCUT2D eigenvalue weighted by Gasteiger charge is 2.20. The number of aliphatic hydroxyl groups excluding tert-OH is 1. The van der Waals surface area contributed by atoms with Crippen LogP contribution in [0.4, 0.5) is 0 Å². The molecule has 2 atom stereocenters. The fraction of sp³-hybridized carbons (Fsp3) is 0.500. The van der Waals surface area contributed by atoms with Gasteiger partial charge in [-0.05, 0) is 37.1 Å². The maximum Gasteiger partial charge on any atom is 0.161 e. The summed E-state index contributed by atoms with van der Waals surface area (Å²) in [7, 11) is 0. The Labute approximate surface area is 104 Å². The fourth-order valence-electron chi connectivity index (χ4n) is 1.77. The summed E-state index contributed by atoms with van der Waals surface area (Å²) in [5.74, 6) is 1.49. The van der Waals surface area contributed by atoms with Gasteiger partial charge in [0.2, 0.25) is 0 Å². The number of hydrogen-bond acceptors (Lipinski definition) is 3. The summed E-state index contributed by atoms with van der Waals surface area (Å²) in [6.45, 7) is 5.03. The van der Waals surface area contributed by atoms with Crippen LogP contribution in [-0.4, -0.2) is 23.1 Å². The SMILES string of the molecule is Cc1cc2c(cc1C(O)C(C)Br)OCCO2. The zero-order valence-electron chi connectivity index (χ0n) is 9.37. The van der Waals surface area contributed by atoms with Crippen molar-refractivity contribution in [3.8, 4) is 11.5 Å². The Kier molecular flexibility index (Phi) is 3.40. The molecular weight excluding hydrogens is 272 g/mol. The molecule has 1 aromatic rings. The van der Waals surface area contributed by atoms with Gasteiger partial charge in [0.1, 0.15) is 13.2 Å². The highest BCUT2D eigenvalue weighted by Crippen LogP contribution is 2.36. The second-order valence-corrected chi connectivity index (χ2v) is 5.42. The molecule has 0 saturated heterocycles. The number of hydrogen-bond donors (Lipinski definition) is 1. The molecule has 16 heavy (non-hydrogen) atoms. The Balaban J connectivity index is 2.39. The minimum absolute atomic E-state index is 0.00811. The lowest BCUT2D eigenvalue weighted by Gasteiger charge is -2.22. The van der Waals surface area contributed by atoms with E-state index < -0.39 is 6.10 Å². The molecule has 0 aromatic heterocycles. The molecule has 0 spiro atoms. The zero-order valence-corrected chi connectivity index (χ0v) is 11.0. The van der Waals surface area contributed by atoms with Crippen LogP contribution in [0.25, 0.3) is 0 Å². The normalized spacial score (nSPS) is 18.0. The van der Waals surface area contributed by atoms with E-state index in [0.29, 0.717) is 13.2 Å². The third-order valence-corrected chi connectivity index (χ3v) is 3.19. The Hall–Kier alpha value is -0.740. The van der Waals surface area contributed by atoms with Crippen molar-refractivity contribution in [2.75, 3.05) is 13.2 Å². The molecule has 4 heteroatoms. The average Bonchev–Trinajstić information content (AvgIpc) is 2.27. The standard InChI is InChI=1S/C12H15BrO3/c1-7-5-10-11(16-4-3-15-10)6-9(7)12(14)8(2)13/h5-6,8,12,14H,3-4H2,1-2H3. The number of ether oxygens (including phenoxy) is 2. The molecule has 1 heterocycles. The van der Waals surface area contributed by atoms with E-state index >= 15 is 0 Å². The first kappa shape index (κ1) is 11.7. The number of halogens is 1. The van der Waals surface area contributed by atoms with Gasteiger partial charge in [0.15, 0.2) is 11.5 Å². The molecule has 1 aliphatic heterocycles. The number of alkyl halides is 1. The number of rotatable bonds is 2. The summed E-state index contributed by atoms with van der Waals surface area (Å²) in [6, 6.07) is 3.79. The van der Waals surface area contributed by atoms with Crippen molar-refractivity contribution in [1.29, 1.82) is 0 Å². The van der Waals surface area contributed by atoms with Crippen LogP contribution in [0, 0.1) is 6.92 Å². The summed E-state index contributed by atoms with van der Waals surface area (Å²) in [5.41, 5.74) is 1.90. The molecule has 3 nitrogen and oxygen atoms in total. The Bertz CT molecular complexity index is 390. The Morgan fingerprint density at radius 1 is 1.25 bits per heavy atom. The molecule has 0 saturated carbocycles. The average molecular weight is 287 g/mol. The molecule has 0 radical (unpaired) electrons. The lowest BCUT2D eigenvalue weighted by Crippen LogP contribution is -2.17. The zero-order chi connectivity index (χ0) is 11.7. The second kappa shape index (κ2) is 4.63. The van der Waals surface area contributed by atoms with E-state index in [0.717, 1.165) is 22.6 Å². The minimum Gasteiger partial charge on any atom is -0.486 e. The predicted octanol–water partition coefficient (Wildman–Crippen LogP) is 2.58. The van der Waals surface area contributed by atoms with Gasteiger partial charge in [-0.1, -0.05) is 15.9 Å².